The fourth-order valence-corrected chi connectivity index (χ4v) is 0.832. The lowest BCUT2D eigenvalue weighted by molar-refractivity contribution is 0.695. The molecule has 1 heterocycles. The third kappa shape index (κ3) is 2.31. The number of nitrogens with zero attached hydrogens (tertiary/aromatic N) is 2. The van der Waals surface area contributed by atoms with Gasteiger partial charge in [-0.05, 0) is 0 Å². The lowest BCUT2D eigenvalue weighted by Crippen LogP contribution is -2.08. The second-order valence-corrected chi connectivity index (χ2v) is 2.45. The summed E-state index contributed by atoms with van der Waals surface area (Å²) in [6.45, 7) is 1.97. The molecule has 3 nitrogen and oxygen atoms in total. The van der Waals surface area contributed by atoms with Crippen molar-refractivity contribution in [2.45, 2.75) is 6.54 Å². The van der Waals surface area contributed by atoms with Crippen molar-refractivity contribution in [1.82, 2.24) is 13.1 Å². The first-order chi connectivity index (χ1) is 4.43. The van der Waals surface area contributed by atoms with E-state index in [1.807, 2.05) is 17.1 Å². The summed E-state index contributed by atoms with van der Waals surface area (Å²) in [5, 5.41) is 0. The molecule has 1 N–H and O–H groups in total. The van der Waals surface area contributed by atoms with Crippen LogP contribution in [0.25, 0.3) is 0 Å². The highest BCUT2D eigenvalue weighted by Gasteiger charge is 1.85. The maximum Gasteiger partial charge on any atom is 0.0946 e. The summed E-state index contributed by atoms with van der Waals surface area (Å²) < 4.78 is 5.06. The number of nitrogens with one attached hydrogen (secondary N) is 1. The third-order valence-corrected chi connectivity index (χ3v) is 1.56. The Morgan fingerprint density at radius 2 is 2.56 bits per heavy atom. The zero-order chi connectivity index (χ0) is 6.53. The van der Waals surface area contributed by atoms with Crippen molar-refractivity contribution >= 4 is 22.9 Å². The van der Waals surface area contributed by atoms with Gasteiger partial charge in [0.15, 0.2) is 0 Å². The minimum absolute atomic E-state index is 0.983. The van der Waals surface area contributed by atoms with E-state index in [2.05, 4.69) is 31.4 Å². The van der Waals surface area contributed by atoms with E-state index in [0.717, 1.165) is 13.1 Å². The molecular formula is C5H8IN3. The minimum Gasteiger partial charge on any atom is -0.336 e. The number of rotatable bonds is 3. The Balaban J connectivity index is 2.30. The van der Waals surface area contributed by atoms with Gasteiger partial charge >= 0.3 is 0 Å². The predicted octanol–water partition coefficient (Wildman–Crippen LogP) is 0.823. The molecule has 0 fully saturated rings. The van der Waals surface area contributed by atoms with Gasteiger partial charge in [-0.3, -0.25) is 3.53 Å². The molecule has 1 aromatic rings. The average molecular weight is 237 g/mol. The molecule has 0 saturated heterocycles. The smallest absolute Gasteiger partial charge is 0.0946 e. The van der Waals surface area contributed by atoms with Crippen LogP contribution >= 0.6 is 22.9 Å². The number of hydrogen-bond donors (Lipinski definition) is 1. The first-order valence-electron chi connectivity index (χ1n) is 2.72. The second-order valence-electron chi connectivity index (χ2n) is 1.68. The summed E-state index contributed by atoms with van der Waals surface area (Å²) in [6.07, 6.45) is 5.55. The van der Waals surface area contributed by atoms with Gasteiger partial charge < -0.3 is 4.57 Å². The van der Waals surface area contributed by atoms with Crippen molar-refractivity contribution in [2.75, 3.05) is 6.54 Å². The Morgan fingerprint density at radius 1 is 1.67 bits per heavy atom. The molecule has 0 saturated carbocycles. The molecule has 0 aliphatic carbocycles. The van der Waals surface area contributed by atoms with E-state index >= 15 is 0 Å². The van der Waals surface area contributed by atoms with E-state index in [-0.39, 0.29) is 0 Å². The molecule has 50 valence electrons. The van der Waals surface area contributed by atoms with Crippen molar-refractivity contribution in [3.05, 3.63) is 18.7 Å². The SMILES string of the molecule is INCCn1ccnc1. The molecule has 9 heavy (non-hydrogen) atoms. The van der Waals surface area contributed by atoms with Crippen LogP contribution in [0.5, 0.6) is 0 Å². The molecule has 0 aromatic carbocycles. The average Bonchev–Trinajstić information content (AvgIpc) is 2.34. The van der Waals surface area contributed by atoms with Gasteiger partial charge in [0.1, 0.15) is 0 Å². The molecule has 1 aromatic heterocycles. The zero-order valence-corrected chi connectivity index (χ0v) is 7.08. The molecule has 0 radical (unpaired) electrons. The van der Waals surface area contributed by atoms with Crippen LogP contribution in [0.4, 0.5) is 0 Å². The molecule has 0 spiro atoms. The first kappa shape index (κ1) is 7.01. The molecule has 4 heteroatoms. The molecule has 0 unspecified atom stereocenters. The fourth-order valence-electron chi connectivity index (χ4n) is 0.590. The molecule has 0 amide bonds. The highest BCUT2D eigenvalue weighted by Crippen LogP contribution is 1.83. The van der Waals surface area contributed by atoms with Crippen LogP contribution in [-0.4, -0.2) is 16.1 Å². The van der Waals surface area contributed by atoms with Crippen molar-refractivity contribution in [2.24, 2.45) is 0 Å². The van der Waals surface area contributed by atoms with Crippen LogP contribution < -0.4 is 3.53 Å². The van der Waals surface area contributed by atoms with Crippen LogP contribution in [0.3, 0.4) is 0 Å². The van der Waals surface area contributed by atoms with Gasteiger partial charge in [0.2, 0.25) is 0 Å². The summed E-state index contributed by atoms with van der Waals surface area (Å²) in [5.74, 6) is 0. The lowest BCUT2D eigenvalue weighted by atomic mass is 10.6. The number of hydrogen-bond acceptors (Lipinski definition) is 2. The van der Waals surface area contributed by atoms with Crippen LogP contribution in [0.15, 0.2) is 18.7 Å². The Kier molecular flexibility index (Phi) is 2.99. The van der Waals surface area contributed by atoms with E-state index in [1.165, 1.54) is 0 Å². The van der Waals surface area contributed by atoms with Gasteiger partial charge in [-0.15, -0.1) is 0 Å². The Bertz CT molecular complexity index is 149. The van der Waals surface area contributed by atoms with Crippen molar-refractivity contribution < 1.29 is 0 Å². The molecule has 0 aliphatic rings. The van der Waals surface area contributed by atoms with Gasteiger partial charge in [-0.25, -0.2) is 4.98 Å². The summed E-state index contributed by atoms with van der Waals surface area (Å²) >= 11 is 2.13. The van der Waals surface area contributed by atoms with Crippen LogP contribution in [0, 0.1) is 0 Å². The molecular weight excluding hydrogens is 229 g/mol. The Hall–Kier alpha value is -0.100. The van der Waals surface area contributed by atoms with Gasteiger partial charge in [-0.2, -0.15) is 0 Å². The standard InChI is InChI=1S/C5H8IN3/c6-8-2-4-9-3-1-7-5-9/h1,3,5,8H,2,4H2. The number of halogens is 1. The van der Waals surface area contributed by atoms with Gasteiger partial charge in [0, 0.05) is 48.3 Å². The Morgan fingerprint density at radius 3 is 3.11 bits per heavy atom. The van der Waals surface area contributed by atoms with Gasteiger partial charge in [0.25, 0.3) is 0 Å². The highest BCUT2D eigenvalue weighted by molar-refractivity contribution is 14.1. The first-order valence-corrected chi connectivity index (χ1v) is 3.80. The van der Waals surface area contributed by atoms with E-state index in [4.69, 9.17) is 0 Å². The van der Waals surface area contributed by atoms with Crippen molar-refractivity contribution in [3.8, 4) is 0 Å². The lowest BCUT2D eigenvalue weighted by Gasteiger charge is -1.96. The van der Waals surface area contributed by atoms with E-state index in [9.17, 15) is 0 Å². The molecule has 0 aliphatic heterocycles. The maximum absolute atomic E-state index is 3.91. The zero-order valence-electron chi connectivity index (χ0n) is 4.92. The minimum atomic E-state index is 0.983. The van der Waals surface area contributed by atoms with Crippen molar-refractivity contribution in [1.29, 1.82) is 0 Å². The maximum atomic E-state index is 3.91. The summed E-state index contributed by atoms with van der Waals surface area (Å²) in [6, 6.07) is 0. The predicted molar refractivity (Wildman–Crippen MR) is 44.2 cm³/mol. The van der Waals surface area contributed by atoms with Gasteiger partial charge in [-0.1, -0.05) is 0 Å². The van der Waals surface area contributed by atoms with E-state index in [1.54, 1.807) is 6.20 Å². The molecule has 0 bridgehead atoms. The molecule has 1 rings (SSSR count). The van der Waals surface area contributed by atoms with Crippen LogP contribution in [0.2, 0.25) is 0 Å². The summed E-state index contributed by atoms with van der Waals surface area (Å²) in [7, 11) is 0. The number of aromatic nitrogens is 2. The summed E-state index contributed by atoms with van der Waals surface area (Å²) in [4.78, 5) is 3.91. The highest BCUT2D eigenvalue weighted by atomic mass is 127. The molecule has 0 atom stereocenters. The third-order valence-electron chi connectivity index (χ3n) is 1.02. The Labute approximate surface area is 68.0 Å². The van der Waals surface area contributed by atoms with E-state index in [0.29, 0.717) is 0 Å². The summed E-state index contributed by atoms with van der Waals surface area (Å²) in [5.41, 5.74) is 0. The largest absolute Gasteiger partial charge is 0.336 e. The normalized spacial score (nSPS) is 9.89. The van der Waals surface area contributed by atoms with E-state index < -0.39 is 0 Å². The second kappa shape index (κ2) is 3.84. The monoisotopic (exact) mass is 237 g/mol. The van der Waals surface area contributed by atoms with Crippen LogP contribution in [-0.2, 0) is 6.54 Å². The van der Waals surface area contributed by atoms with Crippen molar-refractivity contribution in [3.63, 3.8) is 0 Å². The quantitative estimate of drug-likeness (QED) is 0.623. The fraction of sp³-hybridized carbons (Fsp3) is 0.400. The topological polar surface area (TPSA) is 29.9 Å². The van der Waals surface area contributed by atoms with Gasteiger partial charge in [0.05, 0.1) is 6.33 Å². The number of imidazole rings is 1. The van der Waals surface area contributed by atoms with Crippen LogP contribution in [0.1, 0.15) is 0 Å².